The van der Waals surface area contributed by atoms with Gasteiger partial charge in [-0.25, -0.2) is 9.37 Å². The van der Waals surface area contributed by atoms with Crippen molar-refractivity contribution in [2.75, 3.05) is 18.0 Å². The van der Waals surface area contributed by atoms with Crippen LogP contribution in [0.4, 0.5) is 10.2 Å². The van der Waals surface area contributed by atoms with Crippen molar-refractivity contribution in [1.29, 1.82) is 0 Å². The zero-order valence-corrected chi connectivity index (χ0v) is 12.2. The molecule has 2 heterocycles. The molecule has 0 aliphatic carbocycles. The summed E-state index contributed by atoms with van der Waals surface area (Å²) < 4.78 is 14.6. The van der Waals surface area contributed by atoms with Crippen molar-refractivity contribution in [2.45, 2.75) is 6.42 Å². The van der Waals surface area contributed by atoms with Crippen LogP contribution in [-0.4, -0.2) is 24.0 Å². The van der Waals surface area contributed by atoms with E-state index in [9.17, 15) is 9.18 Å². The second-order valence-corrected chi connectivity index (χ2v) is 5.79. The van der Waals surface area contributed by atoms with Crippen molar-refractivity contribution in [1.82, 2.24) is 4.98 Å². The number of para-hydroxylation sites is 1. The van der Waals surface area contributed by atoms with E-state index in [1.54, 1.807) is 6.07 Å². The molecule has 104 valence electrons. The van der Waals surface area contributed by atoms with Crippen LogP contribution in [0.3, 0.4) is 0 Å². The molecule has 1 aromatic carbocycles. The Morgan fingerprint density at radius 1 is 1.50 bits per heavy atom. The number of nitrogens with two attached hydrogens (primary N) is 1. The lowest BCUT2D eigenvalue weighted by Gasteiger charge is -2.19. The molecule has 1 saturated heterocycles. The van der Waals surface area contributed by atoms with Crippen LogP contribution in [0, 0.1) is 11.7 Å². The minimum atomic E-state index is -0.345. The van der Waals surface area contributed by atoms with Crippen LogP contribution in [0.1, 0.15) is 6.42 Å². The number of hydrogen-bond donors (Lipinski definition) is 1. The van der Waals surface area contributed by atoms with E-state index in [0.29, 0.717) is 30.8 Å². The van der Waals surface area contributed by atoms with E-state index in [-0.39, 0.29) is 17.6 Å². The van der Waals surface area contributed by atoms with Gasteiger partial charge in [-0.15, -0.1) is 0 Å². The fourth-order valence-corrected chi connectivity index (χ4v) is 3.12. The van der Waals surface area contributed by atoms with Gasteiger partial charge in [0.05, 0.1) is 10.4 Å². The Labute approximate surface area is 123 Å². The monoisotopic (exact) mass is 337 g/mol. The van der Waals surface area contributed by atoms with Crippen molar-refractivity contribution in [3.8, 4) is 0 Å². The van der Waals surface area contributed by atoms with Gasteiger partial charge >= 0.3 is 0 Å². The first-order valence-electron chi connectivity index (χ1n) is 6.35. The van der Waals surface area contributed by atoms with Crippen LogP contribution in [0.5, 0.6) is 0 Å². The fourth-order valence-electron chi connectivity index (χ4n) is 2.53. The average molecular weight is 338 g/mol. The molecule has 1 aliphatic rings. The number of anilines is 1. The lowest BCUT2D eigenvalue weighted by atomic mass is 10.1. The molecule has 6 heteroatoms. The van der Waals surface area contributed by atoms with Crippen molar-refractivity contribution < 1.29 is 9.18 Å². The van der Waals surface area contributed by atoms with Gasteiger partial charge in [-0.1, -0.05) is 12.1 Å². The highest BCUT2D eigenvalue weighted by atomic mass is 79.9. The molecule has 20 heavy (non-hydrogen) atoms. The number of hydrogen-bond acceptors (Lipinski definition) is 3. The molecule has 1 amide bonds. The van der Waals surface area contributed by atoms with Gasteiger partial charge in [0, 0.05) is 18.5 Å². The van der Waals surface area contributed by atoms with E-state index in [1.807, 2.05) is 17.0 Å². The Morgan fingerprint density at radius 2 is 2.30 bits per heavy atom. The van der Waals surface area contributed by atoms with E-state index in [2.05, 4.69) is 20.9 Å². The first kappa shape index (κ1) is 13.3. The van der Waals surface area contributed by atoms with Crippen LogP contribution >= 0.6 is 15.9 Å². The average Bonchev–Trinajstić information content (AvgIpc) is 2.88. The second kappa shape index (κ2) is 5.01. The van der Waals surface area contributed by atoms with Crippen molar-refractivity contribution in [3.63, 3.8) is 0 Å². The van der Waals surface area contributed by atoms with E-state index >= 15 is 0 Å². The van der Waals surface area contributed by atoms with Gasteiger partial charge in [0.25, 0.3) is 0 Å². The Bertz CT molecular complexity index is 691. The van der Waals surface area contributed by atoms with Gasteiger partial charge in [0.15, 0.2) is 0 Å². The Balaban J connectivity index is 2.02. The minimum Gasteiger partial charge on any atom is -0.369 e. The van der Waals surface area contributed by atoms with Crippen LogP contribution in [0.2, 0.25) is 0 Å². The van der Waals surface area contributed by atoms with Crippen molar-refractivity contribution in [2.24, 2.45) is 11.7 Å². The molecule has 4 nitrogen and oxygen atoms in total. The third-order valence-corrected chi connectivity index (χ3v) is 4.21. The summed E-state index contributed by atoms with van der Waals surface area (Å²) in [5, 5.41) is 0.742. The third-order valence-electron chi connectivity index (χ3n) is 3.62. The maximum atomic E-state index is 13.8. The molecule has 2 aromatic rings. The third kappa shape index (κ3) is 2.24. The van der Waals surface area contributed by atoms with Crippen LogP contribution in [0.25, 0.3) is 10.9 Å². The van der Waals surface area contributed by atoms with Gasteiger partial charge < -0.3 is 10.6 Å². The number of primary amides is 1. The number of amides is 1. The van der Waals surface area contributed by atoms with Crippen molar-refractivity contribution >= 4 is 38.6 Å². The Morgan fingerprint density at radius 3 is 3.00 bits per heavy atom. The largest absolute Gasteiger partial charge is 0.369 e. The molecule has 0 bridgehead atoms. The number of carbonyl (C=O) groups excluding carboxylic acids is 1. The van der Waals surface area contributed by atoms with Crippen molar-refractivity contribution in [3.05, 3.63) is 34.6 Å². The normalized spacial score (nSPS) is 18.7. The highest BCUT2D eigenvalue weighted by molar-refractivity contribution is 9.10. The van der Waals surface area contributed by atoms with Crippen LogP contribution in [0.15, 0.2) is 28.7 Å². The molecule has 2 N–H and O–H groups in total. The van der Waals surface area contributed by atoms with Gasteiger partial charge in [-0.05, 0) is 34.5 Å². The maximum Gasteiger partial charge on any atom is 0.222 e. The summed E-state index contributed by atoms with van der Waals surface area (Å²) in [6.45, 7) is 1.22. The highest BCUT2D eigenvalue weighted by Gasteiger charge is 2.28. The summed E-state index contributed by atoms with van der Waals surface area (Å²) in [5.41, 5.74) is 5.67. The number of rotatable bonds is 2. The Kier molecular flexibility index (Phi) is 3.33. The number of benzene rings is 1. The van der Waals surface area contributed by atoms with Crippen LogP contribution in [-0.2, 0) is 4.79 Å². The standard InChI is InChI=1S/C14H13BrFN3O/c15-10-6-8-2-1-3-11(16)12(8)18-14(10)19-5-4-9(7-19)13(17)20/h1-3,6,9H,4-5,7H2,(H2,17,20). The summed E-state index contributed by atoms with van der Waals surface area (Å²) in [7, 11) is 0. The molecule has 0 spiro atoms. The molecule has 0 saturated carbocycles. The first-order chi connectivity index (χ1) is 9.56. The highest BCUT2D eigenvalue weighted by Crippen LogP contribution is 2.32. The lowest BCUT2D eigenvalue weighted by molar-refractivity contribution is -0.121. The zero-order valence-electron chi connectivity index (χ0n) is 10.6. The number of carbonyl (C=O) groups is 1. The number of aromatic nitrogens is 1. The summed E-state index contributed by atoms with van der Waals surface area (Å²) in [4.78, 5) is 17.6. The summed E-state index contributed by atoms with van der Waals surface area (Å²) in [6, 6.07) is 6.71. The van der Waals surface area contributed by atoms with Gasteiger partial charge in [-0.2, -0.15) is 0 Å². The molecule has 1 aromatic heterocycles. The second-order valence-electron chi connectivity index (χ2n) is 4.94. The number of nitrogens with zero attached hydrogens (tertiary/aromatic N) is 2. The summed E-state index contributed by atoms with van der Waals surface area (Å²) >= 11 is 3.47. The molecule has 1 fully saturated rings. The molecular formula is C14H13BrFN3O. The number of halogens is 2. The molecule has 1 unspecified atom stereocenters. The molecule has 0 radical (unpaired) electrons. The van der Waals surface area contributed by atoms with Gasteiger partial charge in [-0.3, -0.25) is 4.79 Å². The predicted octanol–water partition coefficient (Wildman–Crippen LogP) is 2.45. The molecular weight excluding hydrogens is 325 g/mol. The zero-order chi connectivity index (χ0) is 14.3. The maximum absolute atomic E-state index is 13.8. The number of fused-ring (bicyclic) bond motifs is 1. The smallest absolute Gasteiger partial charge is 0.222 e. The lowest BCUT2D eigenvalue weighted by Crippen LogP contribution is -2.27. The molecule has 1 atom stereocenters. The minimum absolute atomic E-state index is 0.167. The van der Waals surface area contributed by atoms with Gasteiger partial charge in [0.2, 0.25) is 5.91 Å². The first-order valence-corrected chi connectivity index (χ1v) is 7.14. The fraction of sp³-hybridized carbons (Fsp3) is 0.286. The topological polar surface area (TPSA) is 59.2 Å². The predicted molar refractivity (Wildman–Crippen MR) is 78.9 cm³/mol. The summed E-state index contributed by atoms with van der Waals surface area (Å²) in [5.74, 6) is -0.149. The quantitative estimate of drug-likeness (QED) is 0.915. The number of pyridine rings is 1. The van der Waals surface area contributed by atoms with E-state index < -0.39 is 0 Å². The van der Waals surface area contributed by atoms with E-state index in [0.717, 1.165) is 9.86 Å². The van der Waals surface area contributed by atoms with E-state index in [4.69, 9.17) is 5.73 Å². The Hall–Kier alpha value is -1.69. The summed E-state index contributed by atoms with van der Waals surface area (Å²) in [6.07, 6.45) is 0.707. The SMILES string of the molecule is NC(=O)C1CCN(c2nc3c(F)cccc3cc2Br)C1. The van der Waals surface area contributed by atoms with Crippen LogP contribution < -0.4 is 10.6 Å². The van der Waals surface area contributed by atoms with Gasteiger partial charge in [0.1, 0.15) is 17.2 Å². The molecule has 3 rings (SSSR count). The van der Waals surface area contributed by atoms with E-state index in [1.165, 1.54) is 6.07 Å². The molecule has 1 aliphatic heterocycles.